The molecule has 70 valence electrons. The fourth-order valence-corrected chi connectivity index (χ4v) is 1.52. The average Bonchev–Trinajstić information content (AvgIpc) is 1.93. The minimum Gasteiger partial charge on any atom is -0.365 e. The molecule has 0 aromatic rings. The van der Waals surface area contributed by atoms with E-state index in [2.05, 4.69) is 30.3 Å². The molecule has 2 nitrogen and oxygen atoms in total. The van der Waals surface area contributed by atoms with Crippen molar-refractivity contribution in [2.75, 3.05) is 19.8 Å². The minimum atomic E-state index is 1.02. The average molecular weight is 168 g/mol. The number of allylic oxidation sites excluding steroid dienone is 1. The van der Waals surface area contributed by atoms with Crippen molar-refractivity contribution in [3.05, 3.63) is 11.8 Å². The lowest BCUT2D eigenvalue weighted by molar-refractivity contribution is 0.311. The second-order valence-electron chi connectivity index (χ2n) is 3.74. The van der Waals surface area contributed by atoms with Crippen molar-refractivity contribution in [2.24, 2.45) is 0 Å². The molecule has 0 bridgehead atoms. The third-order valence-corrected chi connectivity index (χ3v) is 2.05. The molecule has 0 amide bonds. The standard InChI is InChI=1S/C10H20N2/c1-10(2)8-12-7-5-3-4-6-11-9-12/h8,11H,3-7,9H2,1-2H3. The molecule has 0 radical (unpaired) electrons. The lowest BCUT2D eigenvalue weighted by Gasteiger charge is -2.24. The van der Waals surface area contributed by atoms with Crippen molar-refractivity contribution in [3.8, 4) is 0 Å². The molecule has 1 heterocycles. The highest BCUT2D eigenvalue weighted by atomic mass is 15.2. The topological polar surface area (TPSA) is 15.3 Å². The molecular formula is C10H20N2. The van der Waals surface area contributed by atoms with Crippen LogP contribution in [0.5, 0.6) is 0 Å². The van der Waals surface area contributed by atoms with Crippen LogP contribution in [0, 0.1) is 0 Å². The fraction of sp³-hybridized carbons (Fsp3) is 0.800. The van der Waals surface area contributed by atoms with Gasteiger partial charge in [-0.1, -0.05) is 12.0 Å². The number of rotatable bonds is 1. The van der Waals surface area contributed by atoms with Gasteiger partial charge in [-0.3, -0.25) is 5.32 Å². The molecule has 0 unspecified atom stereocenters. The van der Waals surface area contributed by atoms with E-state index in [1.54, 1.807) is 0 Å². The Morgan fingerprint density at radius 2 is 2.08 bits per heavy atom. The maximum atomic E-state index is 3.42. The van der Waals surface area contributed by atoms with E-state index in [4.69, 9.17) is 0 Å². The van der Waals surface area contributed by atoms with E-state index in [0.717, 1.165) is 6.67 Å². The van der Waals surface area contributed by atoms with Gasteiger partial charge in [0.1, 0.15) is 0 Å². The maximum absolute atomic E-state index is 3.42. The van der Waals surface area contributed by atoms with Gasteiger partial charge in [0.2, 0.25) is 0 Å². The van der Waals surface area contributed by atoms with Crippen molar-refractivity contribution in [1.82, 2.24) is 10.2 Å². The Balaban J connectivity index is 2.34. The minimum absolute atomic E-state index is 1.02. The van der Waals surface area contributed by atoms with Gasteiger partial charge in [-0.25, -0.2) is 0 Å². The summed E-state index contributed by atoms with van der Waals surface area (Å²) in [5.41, 5.74) is 1.39. The van der Waals surface area contributed by atoms with Crippen molar-refractivity contribution in [3.63, 3.8) is 0 Å². The first-order valence-corrected chi connectivity index (χ1v) is 4.89. The Labute approximate surface area is 75.6 Å². The van der Waals surface area contributed by atoms with Gasteiger partial charge in [-0.2, -0.15) is 0 Å². The number of nitrogens with one attached hydrogen (secondary N) is 1. The van der Waals surface area contributed by atoms with Gasteiger partial charge in [0.05, 0.1) is 6.67 Å². The summed E-state index contributed by atoms with van der Waals surface area (Å²) in [7, 11) is 0. The molecular weight excluding hydrogens is 148 g/mol. The Kier molecular flexibility index (Phi) is 4.15. The summed E-state index contributed by atoms with van der Waals surface area (Å²) in [6.45, 7) is 7.70. The predicted molar refractivity (Wildman–Crippen MR) is 52.9 cm³/mol. The summed E-state index contributed by atoms with van der Waals surface area (Å²) in [5, 5.41) is 3.42. The van der Waals surface area contributed by atoms with Crippen molar-refractivity contribution >= 4 is 0 Å². The van der Waals surface area contributed by atoms with E-state index >= 15 is 0 Å². The quantitative estimate of drug-likeness (QED) is 0.643. The second-order valence-corrected chi connectivity index (χ2v) is 3.74. The highest BCUT2D eigenvalue weighted by molar-refractivity contribution is 4.92. The summed E-state index contributed by atoms with van der Waals surface area (Å²) < 4.78 is 0. The van der Waals surface area contributed by atoms with Crippen molar-refractivity contribution < 1.29 is 0 Å². The third kappa shape index (κ3) is 3.77. The number of hydrogen-bond donors (Lipinski definition) is 1. The van der Waals surface area contributed by atoms with Gasteiger partial charge in [-0.05, 0) is 39.4 Å². The Bertz CT molecular complexity index is 140. The molecule has 0 spiro atoms. The molecule has 0 aromatic heterocycles. The van der Waals surface area contributed by atoms with E-state index in [9.17, 15) is 0 Å². The lowest BCUT2D eigenvalue weighted by atomic mass is 10.2. The van der Waals surface area contributed by atoms with Crippen LogP contribution < -0.4 is 5.32 Å². The first-order chi connectivity index (χ1) is 5.79. The van der Waals surface area contributed by atoms with Gasteiger partial charge in [0, 0.05) is 6.54 Å². The summed E-state index contributed by atoms with van der Waals surface area (Å²) >= 11 is 0. The molecule has 0 atom stereocenters. The number of hydrogen-bond acceptors (Lipinski definition) is 2. The van der Waals surface area contributed by atoms with Crippen molar-refractivity contribution in [2.45, 2.75) is 33.1 Å². The maximum Gasteiger partial charge on any atom is 0.0676 e. The molecule has 1 fully saturated rings. The van der Waals surface area contributed by atoms with Crippen molar-refractivity contribution in [1.29, 1.82) is 0 Å². The van der Waals surface area contributed by atoms with Gasteiger partial charge in [0.25, 0.3) is 0 Å². The molecule has 0 saturated carbocycles. The summed E-state index contributed by atoms with van der Waals surface area (Å²) in [5.74, 6) is 0. The van der Waals surface area contributed by atoms with Crippen LogP contribution in [0.15, 0.2) is 11.8 Å². The SMILES string of the molecule is CC(C)=CN1CCCCCNC1. The van der Waals surface area contributed by atoms with Crippen LogP contribution >= 0.6 is 0 Å². The Morgan fingerprint density at radius 3 is 2.83 bits per heavy atom. The van der Waals surface area contributed by atoms with Crippen LogP contribution in [-0.4, -0.2) is 24.7 Å². The summed E-state index contributed by atoms with van der Waals surface area (Å²) in [6.07, 6.45) is 6.28. The highest BCUT2D eigenvalue weighted by Crippen LogP contribution is 2.03. The van der Waals surface area contributed by atoms with Gasteiger partial charge >= 0.3 is 0 Å². The second kappa shape index (κ2) is 5.20. The lowest BCUT2D eigenvalue weighted by Crippen LogP contribution is -2.33. The van der Waals surface area contributed by atoms with E-state index in [0.29, 0.717) is 0 Å². The largest absolute Gasteiger partial charge is 0.365 e. The summed E-state index contributed by atoms with van der Waals surface area (Å²) in [6, 6.07) is 0. The summed E-state index contributed by atoms with van der Waals surface area (Å²) in [4.78, 5) is 2.37. The molecule has 1 saturated heterocycles. The number of nitrogens with zero attached hydrogens (tertiary/aromatic N) is 1. The molecule has 0 aromatic carbocycles. The molecule has 2 heteroatoms. The van der Waals surface area contributed by atoms with Crippen LogP contribution in [0.25, 0.3) is 0 Å². The van der Waals surface area contributed by atoms with Crippen LogP contribution in [0.4, 0.5) is 0 Å². The zero-order valence-electron chi connectivity index (χ0n) is 8.27. The fourth-order valence-electron chi connectivity index (χ4n) is 1.52. The highest BCUT2D eigenvalue weighted by Gasteiger charge is 2.02. The van der Waals surface area contributed by atoms with E-state index in [-0.39, 0.29) is 0 Å². The molecule has 0 aliphatic carbocycles. The first kappa shape index (κ1) is 9.59. The molecule has 1 rings (SSSR count). The molecule has 12 heavy (non-hydrogen) atoms. The monoisotopic (exact) mass is 168 g/mol. The van der Waals surface area contributed by atoms with E-state index in [1.807, 2.05) is 0 Å². The molecule has 1 aliphatic rings. The smallest absolute Gasteiger partial charge is 0.0676 e. The predicted octanol–water partition coefficient (Wildman–Crippen LogP) is 1.94. The molecule has 1 N–H and O–H groups in total. The van der Waals surface area contributed by atoms with Crippen LogP contribution in [0.1, 0.15) is 33.1 Å². The Hall–Kier alpha value is -0.500. The zero-order chi connectivity index (χ0) is 8.81. The molecule has 1 aliphatic heterocycles. The zero-order valence-corrected chi connectivity index (χ0v) is 8.27. The van der Waals surface area contributed by atoms with E-state index < -0.39 is 0 Å². The van der Waals surface area contributed by atoms with Gasteiger partial charge in [0.15, 0.2) is 0 Å². The van der Waals surface area contributed by atoms with Crippen LogP contribution in [0.3, 0.4) is 0 Å². The van der Waals surface area contributed by atoms with Gasteiger partial charge in [-0.15, -0.1) is 0 Å². The van der Waals surface area contributed by atoms with Crippen LogP contribution in [0.2, 0.25) is 0 Å². The van der Waals surface area contributed by atoms with Crippen LogP contribution in [-0.2, 0) is 0 Å². The van der Waals surface area contributed by atoms with Gasteiger partial charge < -0.3 is 4.90 Å². The van der Waals surface area contributed by atoms with E-state index in [1.165, 1.54) is 37.9 Å². The normalized spacial score (nSPS) is 19.7. The third-order valence-electron chi connectivity index (χ3n) is 2.05. The first-order valence-electron chi connectivity index (χ1n) is 4.89. The Morgan fingerprint density at radius 1 is 1.25 bits per heavy atom.